The van der Waals surface area contributed by atoms with Crippen molar-refractivity contribution < 1.29 is 14.4 Å². The highest BCUT2D eigenvalue weighted by atomic mass is 16.2. The third-order valence-electron chi connectivity index (χ3n) is 6.46. The molecule has 2 aromatic carbocycles. The molecule has 0 aliphatic carbocycles. The topological polar surface area (TPSA) is 94.3 Å². The van der Waals surface area contributed by atoms with E-state index < -0.39 is 12.1 Å². The first-order chi connectivity index (χ1) is 15.5. The molecule has 2 aliphatic rings. The number of aromatic nitrogens is 1. The van der Waals surface area contributed by atoms with Crippen molar-refractivity contribution in [2.75, 3.05) is 6.54 Å². The number of hydrogen-bond donors (Lipinski definition) is 3. The molecule has 0 bridgehead atoms. The van der Waals surface area contributed by atoms with E-state index in [-0.39, 0.29) is 23.8 Å². The van der Waals surface area contributed by atoms with Gasteiger partial charge in [0.25, 0.3) is 5.91 Å². The zero-order valence-corrected chi connectivity index (χ0v) is 18.1. The van der Waals surface area contributed by atoms with Gasteiger partial charge in [0.15, 0.2) is 0 Å². The van der Waals surface area contributed by atoms with Crippen molar-refractivity contribution in [1.82, 2.24) is 20.5 Å². The van der Waals surface area contributed by atoms with Crippen LogP contribution in [0, 0.1) is 0 Å². The molecule has 7 nitrogen and oxygen atoms in total. The summed E-state index contributed by atoms with van der Waals surface area (Å²) in [5, 5.41) is 6.70. The molecule has 0 fully saturated rings. The van der Waals surface area contributed by atoms with Gasteiger partial charge in [0.1, 0.15) is 12.1 Å². The summed E-state index contributed by atoms with van der Waals surface area (Å²) in [5.41, 5.74) is 4.52. The van der Waals surface area contributed by atoms with Crippen LogP contribution in [0.3, 0.4) is 0 Å². The summed E-state index contributed by atoms with van der Waals surface area (Å²) >= 11 is 0. The van der Waals surface area contributed by atoms with Gasteiger partial charge in [0, 0.05) is 35.1 Å². The molecular formula is C25H26N4O3. The Morgan fingerprint density at radius 2 is 1.91 bits per heavy atom. The highest BCUT2D eigenvalue weighted by Gasteiger charge is 2.49. The lowest BCUT2D eigenvalue weighted by atomic mass is 9.90. The number of H-pyrrole nitrogens is 1. The Bertz CT molecular complexity index is 1230. The van der Waals surface area contributed by atoms with Crippen LogP contribution >= 0.6 is 0 Å². The minimum atomic E-state index is -0.701. The molecule has 5 rings (SSSR count). The summed E-state index contributed by atoms with van der Waals surface area (Å²) in [6.45, 7) is 4.20. The van der Waals surface area contributed by atoms with Gasteiger partial charge in [-0.2, -0.15) is 0 Å². The Balaban J connectivity index is 1.54. The predicted octanol–water partition coefficient (Wildman–Crippen LogP) is 2.67. The Hall–Kier alpha value is -3.61. The smallest absolute Gasteiger partial charge is 0.255 e. The van der Waals surface area contributed by atoms with Gasteiger partial charge in [-0.15, -0.1) is 0 Å². The van der Waals surface area contributed by atoms with Crippen molar-refractivity contribution in [3.63, 3.8) is 0 Å². The zero-order chi connectivity index (χ0) is 22.4. The number of nitrogens with one attached hydrogen (secondary N) is 3. The summed E-state index contributed by atoms with van der Waals surface area (Å²) in [5.74, 6) is -0.694. The highest BCUT2D eigenvalue weighted by molar-refractivity contribution is 6.04. The summed E-state index contributed by atoms with van der Waals surface area (Å²) in [6.07, 6.45) is 1.21. The van der Waals surface area contributed by atoms with Gasteiger partial charge in [0.05, 0.1) is 6.04 Å². The summed E-state index contributed by atoms with van der Waals surface area (Å²) < 4.78 is 0. The Morgan fingerprint density at radius 1 is 1.16 bits per heavy atom. The maximum Gasteiger partial charge on any atom is 0.255 e. The van der Waals surface area contributed by atoms with Crippen molar-refractivity contribution in [3.8, 4) is 0 Å². The van der Waals surface area contributed by atoms with Gasteiger partial charge in [-0.3, -0.25) is 14.4 Å². The van der Waals surface area contributed by atoms with Gasteiger partial charge in [-0.25, -0.2) is 0 Å². The first-order valence-corrected chi connectivity index (χ1v) is 11.1. The van der Waals surface area contributed by atoms with Crippen molar-refractivity contribution in [3.05, 3.63) is 70.9 Å². The second-order valence-electron chi connectivity index (χ2n) is 8.51. The molecule has 0 saturated heterocycles. The van der Waals surface area contributed by atoms with Crippen LogP contribution in [-0.2, 0) is 16.0 Å². The van der Waals surface area contributed by atoms with Crippen LogP contribution in [-0.4, -0.2) is 46.2 Å². The number of nitrogens with zero attached hydrogens (tertiary/aromatic N) is 1. The van der Waals surface area contributed by atoms with E-state index in [2.05, 4.69) is 15.6 Å². The molecule has 3 N–H and O–H groups in total. The average Bonchev–Trinajstić information content (AvgIpc) is 3.32. The van der Waals surface area contributed by atoms with Crippen molar-refractivity contribution in [2.45, 2.75) is 44.8 Å². The fourth-order valence-corrected chi connectivity index (χ4v) is 4.91. The molecular weight excluding hydrogens is 404 g/mol. The monoisotopic (exact) mass is 430 g/mol. The molecule has 3 heterocycles. The van der Waals surface area contributed by atoms with Crippen molar-refractivity contribution >= 4 is 28.6 Å². The molecule has 7 heteroatoms. The lowest BCUT2D eigenvalue weighted by molar-refractivity contribution is -0.131. The normalized spacial score (nSPS) is 19.8. The van der Waals surface area contributed by atoms with E-state index in [4.69, 9.17) is 0 Å². The zero-order valence-electron chi connectivity index (χ0n) is 18.1. The molecule has 3 atom stereocenters. The number of para-hydroxylation sites is 1. The van der Waals surface area contributed by atoms with E-state index in [9.17, 15) is 14.4 Å². The van der Waals surface area contributed by atoms with Crippen LogP contribution in [0.1, 0.15) is 53.5 Å². The molecule has 3 aromatic rings. The Morgan fingerprint density at radius 3 is 2.72 bits per heavy atom. The van der Waals surface area contributed by atoms with Gasteiger partial charge in [0.2, 0.25) is 11.8 Å². The SMILES string of the molecule is CCCNC(=O)[C@H](C)NC(=O)[C@@H]1Cc2c([nH]c3ccccc23)[C@@H]2c3ccccc3C(=O)N21. The number of amides is 3. The second kappa shape index (κ2) is 7.82. The largest absolute Gasteiger partial charge is 0.356 e. The molecule has 32 heavy (non-hydrogen) atoms. The maximum absolute atomic E-state index is 13.4. The standard InChI is InChI=1S/C25H26N4O3/c1-3-12-26-23(30)14(2)27-24(31)20-13-18-15-8-6-7-11-19(15)28-21(18)22-16-9-4-5-10-17(16)25(32)29(20)22/h4-11,14,20,22,28H,3,12-13H2,1-2H3,(H,26,30)(H,27,31)/t14-,20-,22-/m0/s1. The van der Waals surface area contributed by atoms with Crippen LogP contribution in [0.5, 0.6) is 0 Å². The number of aromatic amines is 1. The van der Waals surface area contributed by atoms with E-state index in [0.717, 1.165) is 34.1 Å². The Kier molecular flexibility index (Phi) is 4.96. The molecule has 2 aliphatic heterocycles. The number of fused-ring (bicyclic) bond motifs is 7. The number of carbonyl (C=O) groups is 3. The van der Waals surface area contributed by atoms with E-state index in [1.807, 2.05) is 55.5 Å². The maximum atomic E-state index is 13.4. The van der Waals surface area contributed by atoms with E-state index in [1.54, 1.807) is 11.8 Å². The van der Waals surface area contributed by atoms with Gasteiger partial charge >= 0.3 is 0 Å². The number of carbonyl (C=O) groups excluding carboxylic acids is 3. The van der Waals surface area contributed by atoms with Gasteiger partial charge in [-0.1, -0.05) is 43.3 Å². The van der Waals surface area contributed by atoms with Gasteiger partial charge in [-0.05, 0) is 36.6 Å². The summed E-state index contributed by atoms with van der Waals surface area (Å²) in [7, 11) is 0. The van der Waals surface area contributed by atoms with Crippen LogP contribution in [0.2, 0.25) is 0 Å². The Labute approximate surface area is 186 Å². The predicted molar refractivity (Wildman–Crippen MR) is 121 cm³/mol. The van der Waals surface area contributed by atoms with Crippen molar-refractivity contribution in [1.29, 1.82) is 0 Å². The number of benzene rings is 2. The summed E-state index contributed by atoms with van der Waals surface area (Å²) in [6, 6.07) is 13.8. The molecule has 0 spiro atoms. The number of rotatable bonds is 5. The molecule has 164 valence electrons. The minimum absolute atomic E-state index is 0.154. The third kappa shape index (κ3) is 3.07. The summed E-state index contributed by atoms with van der Waals surface area (Å²) in [4.78, 5) is 44.3. The molecule has 3 amide bonds. The van der Waals surface area contributed by atoms with E-state index in [1.165, 1.54) is 0 Å². The molecule has 1 aromatic heterocycles. The average molecular weight is 431 g/mol. The first kappa shape index (κ1) is 20.3. The minimum Gasteiger partial charge on any atom is -0.356 e. The van der Waals surface area contributed by atoms with Crippen LogP contribution in [0.25, 0.3) is 10.9 Å². The van der Waals surface area contributed by atoms with Crippen LogP contribution in [0.15, 0.2) is 48.5 Å². The van der Waals surface area contributed by atoms with E-state index in [0.29, 0.717) is 18.5 Å². The number of hydrogen-bond acceptors (Lipinski definition) is 3. The first-order valence-electron chi connectivity index (χ1n) is 11.1. The highest BCUT2D eigenvalue weighted by Crippen LogP contribution is 2.46. The van der Waals surface area contributed by atoms with Crippen molar-refractivity contribution in [2.24, 2.45) is 0 Å². The van der Waals surface area contributed by atoms with Crippen LogP contribution in [0.4, 0.5) is 0 Å². The fourth-order valence-electron chi connectivity index (χ4n) is 4.91. The molecule has 0 saturated carbocycles. The van der Waals surface area contributed by atoms with E-state index >= 15 is 0 Å². The lowest BCUT2D eigenvalue weighted by Crippen LogP contribution is -2.55. The molecule has 0 unspecified atom stereocenters. The molecule has 0 radical (unpaired) electrons. The fraction of sp³-hybridized carbons (Fsp3) is 0.320. The van der Waals surface area contributed by atoms with Crippen LogP contribution < -0.4 is 10.6 Å². The second-order valence-corrected chi connectivity index (χ2v) is 8.51. The third-order valence-corrected chi connectivity index (χ3v) is 6.46. The lowest BCUT2D eigenvalue weighted by Gasteiger charge is -2.37. The van der Waals surface area contributed by atoms with Gasteiger partial charge < -0.3 is 20.5 Å². The quantitative estimate of drug-likeness (QED) is 0.581.